The van der Waals surface area contributed by atoms with Crippen LogP contribution in [-0.2, 0) is 43.2 Å². The summed E-state index contributed by atoms with van der Waals surface area (Å²) in [6.45, 7) is 10.5. The number of methoxy groups -OCH3 is 1. The highest BCUT2D eigenvalue weighted by atomic mass is 32.2. The van der Waals surface area contributed by atoms with Gasteiger partial charge in [0.05, 0.1) is 18.7 Å². The van der Waals surface area contributed by atoms with E-state index in [9.17, 15) is 24.0 Å². The predicted molar refractivity (Wildman–Crippen MR) is 223 cm³/mol. The molecule has 5 rings (SSSR count). The number of aryl methyl sites for hydroxylation is 1. The van der Waals surface area contributed by atoms with Gasteiger partial charge in [0.15, 0.2) is 0 Å². The molecule has 1 aliphatic carbocycles. The number of ether oxygens (including phenoxy) is 2. The van der Waals surface area contributed by atoms with E-state index in [-0.39, 0.29) is 24.9 Å². The maximum Gasteiger partial charge on any atom is 0.410 e. The first-order valence-electron chi connectivity index (χ1n) is 19.4. The van der Waals surface area contributed by atoms with Crippen molar-refractivity contribution in [1.29, 1.82) is 0 Å². The number of hydrogen-bond donors (Lipinski definition) is 3. The third-order valence-electron chi connectivity index (χ3n) is 10.8. The third-order valence-corrected chi connectivity index (χ3v) is 12.1. The van der Waals surface area contributed by atoms with Crippen LogP contribution < -0.4 is 16.0 Å². The molecule has 3 N–H and O–H groups in total. The van der Waals surface area contributed by atoms with Crippen molar-refractivity contribution < 1.29 is 38.2 Å². The number of benzene rings is 3. The van der Waals surface area contributed by atoms with Gasteiger partial charge >= 0.3 is 12.1 Å². The second kappa shape index (κ2) is 18.0. The number of nitrogens with one attached hydrogen (secondary N) is 3. The Hall–Kier alpha value is -5.37. The molecule has 0 spiro atoms. The average Bonchev–Trinajstić information content (AvgIpc) is 3.20. The van der Waals surface area contributed by atoms with Crippen molar-refractivity contribution in [3.8, 4) is 0 Å². The van der Waals surface area contributed by atoms with E-state index in [1.165, 1.54) is 65.5 Å². The molecule has 13 nitrogen and oxygen atoms in total. The Labute approximate surface area is 345 Å². The second-order valence-corrected chi connectivity index (χ2v) is 17.8. The minimum Gasteiger partial charge on any atom is -0.465 e. The minimum atomic E-state index is -1.10. The molecule has 58 heavy (non-hydrogen) atoms. The van der Waals surface area contributed by atoms with Crippen LogP contribution in [0.1, 0.15) is 103 Å². The lowest BCUT2D eigenvalue weighted by atomic mass is 9.87. The van der Waals surface area contributed by atoms with Crippen molar-refractivity contribution in [2.24, 2.45) is 0 Å². The fourth-order valence-electron chi connectivity index (χ4n) is 7.13. The van der Waals surface area contributed by atoms with Gasteiger partial charge in [-0.3, -0.25) is 24.1 Å². The first kappa shape index (κ1) is 43.7. The molecule has 0 radical (unpaired) electrons. The first-order chi connectivity index (χ1) is 27.3. The minimum absolute atomic E-state index is 0.0231. The molecule has 1 heterocycles. The lowest BCUT2D eigenvalue weighted by Gasteiger charge is -2.42. The Kier molecular flexibility index (Phi) is 13.6. The molecular formula is C44H55N5O8S. The Balaban J connectivity index is 1.45. The van der Waals surface area contributed by atoms with Crippen LogP contribution >= 0.6 is 11.8 Å². The monoisotopic (exact) mass is 813 g/mol. The van der Waals surface area contributed by atoms with Gasteiger partial charge in [-0.05, 0) is 126 Å². The maximum absolute atomic E-state index is 15.0. The van der Waals surface area contributed by atoms with E-state index in [4.69, 9.17) is 9.47 Å². The highest BCUT2D eigenvalue weighted by Crippen LogP contribution is 2.34. The molecule has 310 valence electrons. The van der Waals surface area contributed by atoms with Crippen LogP contribution in [0, 0.1) is 0 Å². The van der Waals surface area contributed by atoms with Gasteiger partial charge in [-0.25, -0.2) is 9.59 Å². The van der Waals surface area contributed by atoms with E-state index in [1.54, 1.807) is 39.8 Å². The number of esters is 1. The number of fused-ring (bicyclic) bond motifs is 2. The van der Waals surface area contributed by atoms with Crippen molar-refractivity contribution in [2.75, 3.05) is 25.7 Å². The van der Waals surface area contributed by atoms with Gasteiger partial charge in [0.2, 0.25) is 17.7 Å². The summed E-state index contributed by atoms with van der Waals surface area (Å²) in [6.07, 6.45) is 3.95. The van der Waals surface area contributed by atoms with Gasteiger partial charge in [-0.15, -0.1) is 0 Å². The summed E-state index contributed by atoms with van der Waals surface area (Å²) in [5.41, 5.74) is 4.15. The first-order valence-corrected chi connectivity index (χ1v) is 20.7. The number of carbonyl (C=O) groups is 6. The molecule has 14 heteroatoms. The van der Waals surface area contributed by atoms with Gasteiger partial charge in [-0.1, -0.05) is 30.3 Å². The smallest absolute Gasteiger partial charge is 0.410 e. The quantitative estimate of drug-likeness (QED) is 0.196. The highest BCUT2D eigenvalue weighted by molar-refractivity contribution is 8.00. The maximum atomic E-state index is 15.0. The molecule has 5 amide bonds. The molecule has 0 bridgehead atoms. The summed E-state index contributed by atoms with van der Waals surface area (Å²) in [7, 11) is 2.75. The second-order valence-electron chi connectivity index (χ2n) is 16.4. The standard InChI is InChI=1S/C44H55N5O8S/c1-26(48(7)42(55)57-43(2,3)4)37(50)47-36(44(5,6)58-9)40(53)49-25-31-23-32(45-38(51)28-17-19-29(20-18-28)41(54)56-8)22-21-30(31)24-35(49)39(52)46-34-16-12-14-27-13-10-11-15-33(27)34/h10-11,13,15,17-23,26,34-36H,12,14,16,24-25H2,1-9H3,(H,45,51)(H,46,52)(H,47,50)/t26-,34?,35-,36?/m0/s1. The lowest BCUT2D eigenvalue weighted by Crippen LogP contribution is -2.63. The van der Waals surface area contributed by atoms with Gasteiger partial charge in [0.25, 0.3) is 5.91 Å². The molecular weight excluding hydrogens is 759 g/mol. The van der Waals surface area contributed by atoms with Gasteiger partial charge in [0, 0.05) is 36.0 Å². The number of amides is 5. The van der Waals surface area contributed by atoms with E-state index in [0.717, 1.165) is 36.0 Å². The van der Waals surface area contributed by atoms with Crippen LogP contribution in [0.3, 0.4) is 0 Å². The highest BCUT2D eigenvalue weighted by Gasteiger charge is 2.45. The Morgan fingerprint density at radius 3 is 2.22 bits per heavy atom. The van der Waals surface area contributed by atoms with E-state index < -0.39 is 58.3 Å². The topological polar surface area (TPSA) is 163 Å². The largest absolute Gasteiger partial charge is 0.465 e. The number of nitrogens with zero attached hydrogens (tertiary/aromatic N) is 2. The summed E-state index contributed by atoms with van der Waals surface area (Å²) in [6, 6.07) is 16.3. The molecule has 0 aromatic heterocycles. The van der Waals surface area contributed by atoms with Crippen LogP contribution in [0.2, 0.25) is 0 Å². The molecule has 1 aliphatic heterocycles. The van der Waals surface area contributed by atoms with E-state index >= 15 is 4.79 Å². The normalized spacial score (nSPS) is 17.4. The zero-order valence-corrected chi connectivity index (χ0v) is 35.6. The third kappa shape index (κ3) is 10.2. The van der Waals surface area contributed by atoms with Crippen molar-refractivity contribution in [2.45, 2.75) is 108 Å². The number of rotatable bonds is 11. The molecule has 0 saturated heterocycles. The fraction of sp³-hybridized carbons (Fsp3) is 0.455. The Morgan fingerprint density at radius 1 is 0.897 bits per heavy atom. The number of carbonyl (C=O) groups excluding carboxylic acids is 6. The van der Waals surface area contributed by atoms with Crippen molar-refractivity contribution >= 4 is 53.1 Å². The SMILES string of the molecule is COC(=O)c1ccc(C(=O)Nc2ccc3c(c2)CN(C(=O)C(NC(=O)[C@H](C)N(C)C(=O)OC(C)(C)C)C(C)(C)SC)[C@H](C(=O)NC2CCCc4ccccc42)C3)cc1. The van der Waals surface area contributed by atoms with Crippen molar-refractivity contribution in [3.05, 3.63) is 100 Å². The number of thioether (sulfide) groups is 1. The summed E-state index contributed by atoms with van der Waals surface area (Å²) in [4.78, 5) is 84.1. The summed E-state index contributed by atoms with van der Waals surface area (Å²) < 4.78 is 9.39. The summed E-state index contributed by atoms with van der Waals surface area (Å²) in [5.74, 6) is -2.24. The average molecular weight is 814 g/mol. The number of likely N-dealkylation sites (N-methyl/N-ethyl adjacent to an activating group) is 1. The lowest BCUT2D eigenvalue weighted by molar-refractivity contribution is -0.145. The van der Waals surface area contributed by atoms with Crippen LogP contribution in [0.25, 0.3) is 0 Å². The zero-order chi connectivity index (χ0) is 42.5. The summed E-state index contributed by atoms with van der Waals surface area (Å²) >= 11 is 1.39. The molecule has 4 atom stereocenters. The summed E-state index contributed by atoms with van der Waals surface area (Å²) in [5, 5.41) is 9.09. The van der Waals surface area contributed by atoms with E-state index in [1.807, 2.05) is 44.4 Å². The van der Waals surface area contributed by atoms with Crippen molar-refractivity contribution in [3.63, 3.8) is 0 Å². The number of anilines is 1. The predicted octanol–water partition coefficient (Wildman–Crippen LogP) is 6.05. The fourth-order valence-corrected chi connectivity index (χ4v) is 7.52. The Morgan fingerprint density at radius 2 is 1.57 bits per heavy atom. The molecule has 2 aliphatic rings. The van der Waals surface area contributed by atoms with E-state index in [2.05, 4.69) is 22.0 Å². The molecule has 0 saturated carbocycles. The van der Waals surface area contributed by atoms with Crippen molar-refractivity contribution in [1.82, 2.24) is 20.4 Å². The van der Waals surface area contributed by atoms with Crippen LogP contribution in [0.15, 0.2) is 66.7 Å². The van der Waals surface area contributed by atoms with E-state index in [0.29, 0.717) is 16.8 Å². The zero-order valence-electron chi connectivity index (χ0n) is 34.8. The van der Waals surface area contributed by atoms with Gasteiger partial charge in [0.1, 0.15) is 23.7 Å². The van der Waals surface area contributed by atoms with Gasteiger partial charge < -0.3 is 30.3 Å². The van der Waals surface area contributed by atoms with Crippen LogP contribution in [-0.4, -0.2) is 94.4 Å². The van der Waals surface area contributed by atoms with Gasteiger partial charge in [-0.2, -0.15) is 11.8 Å². The molecule has 3 aromatic carbocycles. The molecule has 2 unspecified atom stereocenters. The number of hydrogen-bond acceptors (Lipinski definition) is 9. The molecule has 0 fully saturated rings. The van der Waals surface area contributed by atoms with Crippen LogP contribution in [0.4, 0.5) is 10.5 Å². The molecule has 3 aromatic rings. The van der Waals surface area contributed by atoms with Crippen LogP contribution in [0.5, 0.6) is 0 Å². The Bertz CT molecular complexity index is 2050.